The summed E-state index contributed by atoms with van der Waals surface area (Å²) in [4.78, 5) is 3.59. The fraction of sp³-hybridized carbons (Fsp3) is 0.286. The van der Waals surface area contributed by atoms with Crippen molar-refractivity contribution in [1.29, 1.82) is 0 Å². The highest BCUT2D eigenvalue weighted by Crippen LogP contribution is 2.24. The second-order valence-corrected chi connectivity index (χ2v) is 3.05. The van der Waals surface area contributed by atoms with E-state index in [1.807, 2.05) is 0 Å². The van der Waals surface area contributed by atoms with Gasteiger partial charge in [0.1, 0.15) is 5.82 Å². The third-order valence-corrected chi connectivity index (χ3v) is 1.94. The maximum Gasteiger partial charge on any atom is 0.148 e. The normalized spacial score (nSPS) is 13.1. The molecule has 1 atom stereocenters. The zero-order chi connectivity index (χ0) is 8.43. The first kappa shape index (κ1) is 8.62. The average molecular weight is 220 g/mol. The molecule has 0 aromatic carbocycles. The van der Waals surface area contributed by atoms with Crippen LogP contribution in [0.3, 0.4) is 0 Å². The highest BCUT2D eigenvalue weighted by molar-refractivity contribution is 9.10. The molecule has 4 heteroatoms. The number of halogens is 2. The minimum Gasteiger partial charge on any atom is -0.389 e. The summed E-state index contributed by atoms with van der Waals surface area (Å²) in [5.41, 5.74) is 0.250. The third-order valence-electron chi connectivity index (χ3n) is 1.31. The summed E-state index contributed by atoms with van der Waals surface area (Å²) in [5.74, 6) is -0.491. The SMILES string of the molecule is C[C@@H](O)c1c(F)cncc1Br. The Bertz CT molecular complexity index is 244. The van der Waals surface area contributed by atoms with Gasteiger partial charge in [-0.1, -0.05) is 0 Å². The molecule has 1 rings (SSSR count). The van der Waals surface area contributed by atoms with Crippen LogP contribution < -0.4 is 0 Å². The maximum absolute atomic E-state index is 12.8. The molecule has 60 valence electrons. The van der Waals surface area contributed by atoms with E-state index in [2.05, 4.69) is 20.9 Å². The molecule has 1 aromatic rings. The smallest absolute Gasteiger partial charge is 0.148 e. The molecule has 0 bridgehead atoms. The lowest BCUT2D eigenvalue weighted by Crippen LogP contribution is -1.97. The van der Waals surface area contributed by atoms with Crippen LogP contribution in [0.5, 0.6) is 0 Å². The highest BCUT2D eigenvalue weighted by Gasteiger charge is 2.11. The third kappa shape index (κ3) is 1.75. The standard InChI is InChI=1S/C7H7BrFNO/c1-4(11)7-5(8)2-10-3-6(7)9/h2-4,11H,1H3/t4-/m1/s1. The van der Waals surface area contributed by atoms with Gasteiger partial charge in [-0.25, -0.2) is 4.39 Å². The Kier molecular flexibility index (Phi) is 2.57. The van der Waals surface area contributed by atoms with E-state index < -0.39 is 11.9 Å². The van der Waals surface area contributed by atoms with Crippen molar-refractivity contribution < 1.29 is 9.50 Å². The molecule has 0 saturated heterocycles. The largest absolute Gasteiger partial charge is 0.389 e. The summed E-state index contributed by atoms with van der Waals surface area (Å²) in [5, 5.41) is 9.09. The molecule has 0 amide bonds. The van der Waals surface area contributed by atoms with Crippen molar-refractivity contribution in [3.63, 3.8) is 0 Å². The lowest BCUT2D eigenvalue weighted by molar-refractivity contribution is 0.193. The molecule has 0 aliphatic rings. The average Bonchev–Trinajstić information content (AvgIpc) is 1.85. The fourth-order valence-electron chi connectivity index (χ4n) is 0.820. The molecule has 0 aliphatic carbocycles. The molecule has 1 heterocycles. The highest BCUT2D eigenvalue weighted by atomic mass is 79.9. The maximum atomic E-state index is 12.8. The Morgan fingerprint density at radius 2 is 2.27 bits per heavy atom. The van der Waals surface area contributed by atoms with E-state index in [9.17, 15) is 4.39 Å². The van der Waals surface area contributed by atoms with Gasteiger partial charge in [-0.2, -0.15) is 0 Å². The molecule has 0 radical (unpaired) electrons. The van der Waals surface area contributed by atoms with Gasteiger partial charge in [0.15, 0.2) is 0 Å². The van der Waals surface area contributed by atoms with E-state index in [0.717, 1.165) is 6.20 Å². The van der Waals surface area contributed by atoms with Crippen molar-refractivity contribution in [2.45, 2.75) is 13.0 Å². The zero-order valence-electron chi connectivity index (χ0n) is 5.88. The van der Waals surface area contributed by atoms with Crippen LogP contribution in [0.1, 0.15) is 18.6 Å². The summed E-state index contributed by atoms with van der Waals surface area (Å²) in [6.45, 7) is 1.50. The van der Waals surface area contributed by atoms with Gasteiger partial charge >= 0.3 is 0 Å². The predicted octanol–water partition coefficient (Wildman–Crippen LogP) is 2.04. The van der Waals surface area contributed by atoms with Crippen LogP contribution in [-0.4, -0.2) is 10.1 Å². The van der Waals surface area contributed by atoms with E-state index in [1.165, 1.54) is 13.1 Å². The first-order valence-electron chi connectivity index (χ1n) is 3.10. The molecule has 0 spiro atoms. The summed E-state index contributed by atoms with van der Waals surface area (Å²) >= 11 is 3.09. The monoisotopic (exact) mass is 219 g/mol. The van der Waals surface area contributed by atoms with Crippen molar-refractivity contribution in [2.24, 2.45) is 0 Å². The molecule has 0 aliphatic heterocycles. The van der Waals surface area contributed by atoms with Crippen molar-refractivity contribution >= 4 is 15.9 Å². The number of hydrogen-bond donors (Lipinski definition) is 1. The van der Waals surface area contributed by atoms with Crippen LogP contribution in [-0.2, 0) is 0 Å². The number of nitrogens with zero attached hydrogens (tertiary/aromatic N) is 1. The van der Waals surface area contributed by atoms with E-state index in [-0.39, 0.29) is 5.56 Å². The molecule has 0 saturated carbocycles. The molecule has 1 aromatic heterocycles. The summed E-state index contributed by atoms with van der Waals surface area (Å²) in [7, 11) is 0. The van der Waals surface area contributed by atoms with Crippen LogP contribution >= 0.6 is 15.9 Å². The second-order valence-electron chi connectivity index (χ2n) is 2.19. The number of rotatable bonds is 1. The molecular weight excluding hydrogens is 213 g/mol. The predicted molar refractivity (Wildman–Crippen MR) is 42.5 cm³/mol. The van der Waals surface area contributed by atoms with Gasteiger partial charge < -0.3 is 5.11 Å². The Hall–Kier alpha value is -0.480. The summed E-state index contributed by atoms with van der Waals surface area (Å²) in [6, 6.07) is 0. The zero-order valence-corrected chi connectivity index (χ0v) is 7.47. The minimum atomic E-state index is -0.813. The lowest BCUT2D eigenvalue weighted by atomic mass is 10.2. The minimum absolute atomic E-state index is 0.250. The summed E-state index contributed by atoms with van der Waals surface area (Å²) < 4.78 is 13.3. The molecular formula is C7H7BrFNO. The Labute approximate surface area is 72.2 Å². The number of aromatic nitrogens is 1. The molecule has 11 heavy (non-hydrogen) atoms. The Balaban J connectivity index is 3.21. The van der Waals surface area contributed by atoms with Gasteiger partial charge in [0.2, 0.25) is 0 Å². The first-order valence-corrected chi connectivity index (χ1v) is 3.89. The molecule has 0 fully saturated rings. The van der Waals surface area contributed by atoms with Gasteiger partial charge in [-0.3, -0.25) is 4.98 Å². The van der Waals surface area contributed by atoms with Crippen molar-refractivity contribution in [1.82, 2.24) is 4.98 Å². The van der Waals surface area contributed by atoms with Crippen molar-refractivity contribution in [2.75, 3.05) is 0 Å². The second kappa shape index (κ2) is 3.28. The van der Waals surface area contributed by atoms with Crippen LogP contribution in [0.4, 0.5) is 4.39 Å². The fourth-order valence-corrected chi connectivity index (χ4v) is 1.46. The van der Waals surface area contributed by atoms with E-state index in [4.69, 9.17) is 5.11 Å². The van der Waals surface area contributed by atoms with Crippen molar-refractivity contribution in [3.8, 4) is 0 Å². The molecule has 2 nitrogen and oxygen atoms in total. The van der Waals surface area contributed by atoms with Crippen LogP contribution in [0, 0.1) is 5.82 Å². The topological polar surface area (TPSA) is 33.1 Å². The Morgan fingerprint density at radius 1 is 1.64 bits per heavy atom. The van der Waals surface area contributed by atoms with Crippen LogP contribution in [0.2, 0.25) is 0 Å². The first-order chi connectivity index (χ1) is 5.13. The Morgan fingerprint density at radius 3 is 2.64 bits per heavy atom. The van der Waals surface area contributed by atoms with E-state index >= 15 is 0 Å². The molecule has 1 N–H and O–H groups in total. The van der Waals surface area contributed by atoms with Gasteiger partial charge in [-0.15, -0.1) is 0 Å². The van der Waals surface area contributed by atoms with Gasteiger partial charge in [0.05, 0.1) is 12.3 Å². The lowest BCUT2D eigenvalue weighted by Gasteiger charge is -2.06. The molecule has 0 unspecified atom stereocenters. The van der Waals surface area contributed by atoms with E-state index in [0.29, 0.717) is 4.47 Å². The van der Waals surface area contributed by atoms with Gasteiger partial charge in [-0.05, 0) is 22.9 Å². The number of hydrogen-bond acceptors (Lipinski definition) is 2. The van der Waals surface area contributed by atoms with Crippen LogP contribution in [0.25, 0.3) is 0 Å². The number of pyridine rings is 1. The van der Waals surface area contributed by atoms with E-state index in [1.54, 1.807) is 0 Å². The van der Waals surface area contributed by atoms with Crippen molar-refractivity contribution in [3.05, 3.63) is 28.2 Å². The number of aliphatic hydroxyl groups excluding tert-OH is 1. The number of aliphatic hydroxyl groups is 1. The summed E-state index contributed by atoms with van der Waals surface area (Å²) in [6.07, 6.45) is 1.71. The quantitative estimate of drug-likeness (QED) is 0.785. The van der Waals surface area contributed by atoms with Gasteiger partial charge in [0.25, 0.3) is 0 Å². The van der Waals surface area contributed by atoms with Gasteiger partial charge in [0, 0.05) is 16.2 Å². The van der Waals surface area contributed by atoms with Crippen LogP contribution in [0.15, 0.2) is 16.9 Å².